The fourth-order valence-corrected chi connectivity index (χ4v) is 2.38. The average Bonchev–Trinajstić information content (AvgIpc) is 2.55. The number of benzene rings is 3. The Bertz CT molecular complexity index is 785. The third kappa shape index (κ3) is 2.65. The Balaban J connectivity index is 2.05. The van der Waals surface area contributed by atoms with E-state index in [1.807, 2.05) is 73.7 Å². The molecule has 21 heavy (non-hydrogen) atoms. The molecule has 3 aromatic rings. The number of hydrogen-bond donors (Lipinski definition) is 0. The summed E-state index contributed by atoms with van der Waals surface area (Å²) in [6.07, 6.45) is 0.468. The molecule has 0 bridgehead atoms. The molecule has 0 atom stereocenters. The van der Waals surface area contributed by atoms with Crippen LogP contribution >= 0.6 is 0 Å². The van der Waals surface area contributed by atoms with E-state index >= 15 is 0 Å². The summed E-state index contributed by atoms with van der Waals surface area (Å²) in [4.78, 5) is 12.0. The van der Waals surface area contributed by atoms with E-state index < -0.39 is 0 Å². The molecule has 3 rings (SSSR count). The van der Waals surface area contributed by atoms with Crippen LogP contribution in [0.5, 0.6) is 11.5 Å². The summed E-state index contributed by atoms with van der Waals surface area (Å²) in [6, 6.07) is 21.4. The number of Topliss-reactive ketones (excluding diaryl/α,β-unsaturated/α-hetero) is 1. The molecule has 0 aliphatic rings. The van der Waals surface area contributed by atoms with Crippen LogP contribution in [0.4, 0.5) is 0 Å². The van der Waals surface area contributed by atoms with Crippen LogP contribution in [0.1, 0.15) is 23.7 Å². The Hall–Kier alpha value is -2.61. The minimum absolute atomic E-state index is 0.0887. The van der Waals surface area contributed by atoms with Gasteiger partial charge in [-0.1, -0.05) is 55.5 Å². The molecule has 0 amide bonds. The minimum Gasteiger partial charge on any atom is -0.456 e. The average molecular weight is 276 g/mol. The maximum Gasteiger partial charge on any atom is 0.166 e. The van der Waals surface area contributed by atoms with Gasteiger partial charge in [-0.15, -0.1) is 0 Å². The van der Waals surface area contributed by atoms with Crippen LogP contribution in [0, 0.1) is 0 Å². The normalized spacial score (nSPS) is 10.5. The van der Waals surface area contributed by atoms with Crippen molar-refractivity contribution in [2.24, 2.45) is 0 Å². The van der Waals surface area contributed by atoms with Crippen LogP contribution in [0.2, 0.25) is 0 Å². The SMILES string of the molecule is CCC(=O)c1ccccc1Oc1cccc2ccccc12. The molecule has 0 fully saturated rings. The Morgan fingerprint density at radius 3 is 2.38 bits per heavy atom. The van der Waals surface area contributed by atoms with Gasteiger partial charge in [0.2, 0.25) is 0 Å². The minimum atomic E-state index is 0.0887. The quantitative estimate of drug-likeness (QED) is 0.610. The number of hydrogen-bond acceptors (Lipinski definition) is 2. The van der Waals surface area contributed by atoms with E-state index in [0.29, 0.717) is 17.7 Å². The second-order valence-electron chi connectivity index (χ2n) is 4.85. The smallest absolute Gasteiger partial charge is 0.166 e. The van der Waals surface area contributed by atoms with Gasteiger partial charge in [-0.3, -0.25) is 4.79 Å². The fourth-order valence-electron chi connectivity index (χ4n) is 2.38. The first-order chi connectivity index (χ1) is 10.3. The van der Waals surface area contributed by atoms with Gasteiger partial charge in [-0.05, 0) is 23.6 Å². The van der Waals surface area contributed by atoms with Crippen LogP contribution in [0.3, 0.4) is 0 Å². The molecule has 2 heteroatoms. The van der Waals surface area contributed by atoms with Gasteiger partial charge in [0.1, 0.15) is 11.5 Å². The summed E-state index contributed by atoms with van der Waals surface area (Å²) in [5.41, 5.74) is 0.632. The predicted molar refractivity (Wildman–Crippen MR) is 85.1 cm³/mol. The summed E-state index contributed by atoms with van der Waals surface area (Å²) < 4.78 is 6.02. The van der Waals surface area contributed by atoms with Gasteiger partial charge in [-0.2, -0.15) is 0 Å². The summed E-state index contributed by atoms with van der Waals surface area (Å²) >= 11 is 0. The first-order valence-corrected chi connectivity index (χ1v) is 7.07. The van der Waals surface area contributed by atoms with E-state index in [0.717, 1.165) is 16.5 Å². The van der Waals surface area contributed by atoms with Crippen molar-refractivity contribution < 1.29 is 9.53 Å². The van der Waals surface area contributed by atoms with Crippen LogP contribution in [-0.2, 0) is 0 Å². The first kappa shape index (κ1) is 13.4. The summed E-state index contributed by atoms with van der Waals surface area (Å²) in [5.74, 6) is 1.47. The molecule has 3 aromatic carbocycles. The van der Waals surface area contributed by atoms with E-state index in [1.54, 1.807) is 0 Å². The van der Waals surface area contributed by atoms with Crippen molar-refractivity contribution in [3.05, 3.63) is 72.3 Å². The number of para-hydroxylation sites is 1. The lowest BCUT2D eigenvalue weighted by atomic mass is 10.1. The van der Waals surface area contributed by atoms with Crippen LogP contribution in [0.15, 0.2) is 66.7 Å². The lowest BCUT2D eigenvalue weighted by molar-refractivity contribution is 0.0986. The predicted octanol–water partition coefficient (Wildman–Crippen LogP) is 5.22. The van der Waals surface area contributed by atoms with E-state index in [9.17, 15) is 4.79 Å². The zero-order chi connectivity index (χ0) is 14.7. The standard InChI is InChI=1S/C19H16O2/c1-2-17(20)16-11-5-6-12-19(16)21-18-13-7-9-14-8-3-4-10-15(14)18/h3-13H,2H2,1H3. The summed E-state index contributed by atoms with van der Waals surface area (Å²) in [5, 5.41) is 2.16. The van der Waals surface area contributed by atoms with Crippen molar-refractivity contribution in [1.29, 1.82) is 0 Å². The zero-order valence-electron chi connectivity index (χ0n) is 11.9. The molecule has 0 radical (unpaired) electrons. The highest BCUT2D eigenvalue weighted by molar-refractivity contribution is 5.98. The van der Waals surface area contributed by atoms with Crippen molar-refractivity contribution in [3.8, 4) is 11.5 Å². The maximum atomic E-state index is 12.0. The lowest BCUT2D eigenvalue weighted by Crippen LogP contribution is -1.99. The highest BCUT2D eigenvalue weighted by Crippen LogP contribution is 2.31. The molecule has 0 saturated heterocycles. The second-order valence-corrected chi connectivity index (χ2v) is 4.85. The Kier molecular flexibility index (Phi) is 3.69. The summed E-state index contributed by atoms with van der Waals surface area (Å²) in [6.45, 7) is 1.86. The van der Waals surface area contributed by atoms with Gasteiger partial charge < -0.3 is 4.74 Å². The van der Waals surface area contributed by atoms with E-state index in [1.165, 1.54) is 0 Å². The first-order valence-electron chi connectivity index (χ1n) is 7.07. The van der Waals surface area contributed by atoms with Gasteiger partial charge in [0.25, 0.3) is 0 Å². The van der Waals surface area contributed by atoms with Crippen molar-refractivity contribution in [3.63, 3.8) is 0 Å². The lowest BCUT2D eigenvalue weighted by Gasteiger charge is -2.12. The van der Waals surface area contributed by atoms with Crippen LogP contribution in [-0.4, -0.2) is 5.78 Å². The molecule has 104 valence electrons. The van der Waals surface area contributed by atoms with E-state index in [4.69, 9.17) is 4.74 Å². The van der Waals surface area contributed by atoms with E-state index in [-0.39, 0.29) is 5.78 Å². The third-order valence-corrected chi connectivity index (χ3v) is 3.48. The van der Waals surface area contributed by atoms with Gasteiger partial charge in [0.15, 0.2) is 5.78 Å². The largest absolute Gasteiger partial charge is 0.456 e. The fraction of sp³-hybridized carbons (Fsp3) is 0.105. The molecule has 0 aromatic heterocycles. The molecule has 0 spiro atoms. The molecule has 0 heterocycles. The van der Waals surface area contributed by atoms with Crippen molar-refractivity contribution in [2.45, 2.75) is 13.3 Å². The Labute approximate surface area is 124 Å². The highest BCUT2D eigenvalue weighted by atomic mass is 16.5. The number of fused-ring (bicyclic) bond motifs is 1. The van der Waals surface area contributed by atoms with Gasteiger partial charge >= 0.3 is 0 Å². The number of rotatable bonds is 4. The van der Waals surface area contributed by atoms with E-state index in [2.05, 4.69) is 0 Å². The number of ether oxygens (including phenoxy) is 1. The second kappa shape index (κ2) is 5.80. The molecule has 0 unspecified atom stereocenters. The molecule has 0 aliphatic carbocycles. The third-order valence-electron chi connectivity index (χ3n) is 3.48. The van der Waals surface area contributed by atoms with Gasteiger partial charge in [0.05, 0.1) is 5.56 Å². The number of carbonyl (C=O) groups excluding carboxylic acids is 1. The Morgan fingerprint density at radius 2 is 1.52 bits per heavy atom. The number of ketones is 1. The Morgan fingerprint density at radius 1 is 0.857 bits per heavy atom. The van der Waals surface area contributed by atoms with Crippen molar-refractivity contribution >= 4 is 16.6 Å². The topological polar surface area (TPSA) is 26.3 Å². The molecule has 0 saturated carbocycles. The van der Waals surface area contributed by atoms with Crippen LogP contribution < -0.4 is 4.74 Å². The van der Waals surface area contributed by atoms with Crippen LogP contribution in [0.25, 0.3) is 10.8 Å². The maximum absolute atomic E-state index is 12.0. The van der Waals surface area contributed by atoms with Crippen molar-refractivity contribution in [2.75, 3.05) is 0 Å². The van der Waals surface area contributed by atoms with Gasteiger partial charge in [0, 0.05) is 11.8 Å². The number of carbonyl (C=O) groups is 1. The molecule has 0 aliphatic heterocycles. The zero-order valence-corrected chi connectivity index (χ0v) is 11.9. The molecular weight excluding hydrogens is 260 g/mol. The summed E-state index contributed by atoms with van der Waals surface area (Å²) in [7, 11) is 0. The van der Waals surface area contributed by atoms with Crippen molar-refractivity contribution in [1.82, 2.24) is 0 Å². The monoisotopic (exact) mass is 276 g/mol. The molecular formula is C19H16O2. The van der Waals surface area contributed by atoms with Gasteiger partial charge in [-0.25, -0.2) is 0 Å². The highest BCUT2D eigenvalue weighted by Gasteiger charge is 2.11. The molecule has 2 nitrogen and oxygen atoms in total. The molecule has 0 N–H and O–H groups in total.